The number of aromatic nitrogens is 4. The van der Waals surface area contributed by atoms with Gasteiger partial charge in [-0.2, -0.15) is 4.98 Å². The second-order valence-electron chi connectivity index (χ2n) is 10.4. The normalized spacial score (nSPS) is 24.5. The van der Waals surface area contributed by atoms with Gasteiger partial charge in [-0.1, -0.05) is 12.1 Å². The molecule has 2 fully saturated rings. The van der Waals surface area contributed by atoms with Crippen LogP contribution < -0.4 is 10.6 Å². The number of hydrogen-bond donors (Lipinski definition) is 4. The summed E-state index contributed by atoms with van der Waals surface area (Å²) >= 11 is 1.63. The number of ether oxygens (including phenoxy) is 2. The Balaban J connectivity index is 1.37. The molecule has 9 nitrogen and oxygen atoms in total. The third-order valence-corrected chi connectivity index (χ3v) is 8.12. The molecule has 0 bridgehead atoms. The van der Waals surface area contributed by atoms with Crippen molar-refractivity contribution in [2.75, 3.05) is 17.2 Å². The van der Waals surface area contributed by atoms with Crippen molar-refractivity contribution in [3.05, 3.63) is 53.5 Å². The molecule has 1 aliphatic heterocycles. The van der Waals surface area contributed by atoms with Crippen molar-refractivity contribution >= 4 is 33.3 Å². The van der Waals surface area contributed by atoms with Gasteiger partial charge in [0.2, 0.25) is 5.95 Å². The predicted molar refractivity (Wildman–Crippen MR) is 145 cm³/mol. The maximum Gasteiger partial charge on any atom is 0.225 e. The number of rotatable bonds is 7. The molecular weight excluding hydrogens is 488 g/mol. The van der Waals surface area contributed by atoms with Crippen LogP contribution in [0.15, 0.2) is 36.4 Å². The maximum atomic E-state index is 10.0. The topological polar surface area (TPSA) is 117 Å². The molecule has 194 valence electrons. The first kappa shape index (κ1) is 24.3. The number of para-hydroxylation sites is 1. The zero-order valence-corrected chi connectivity index (χ0v) is 22.2. The van der Waals surface area contributed by atoms with E-state index < -0.39 is 5.79 Å². The van der Waals surface area contributed by atoms with E-state index in [-0.39, 0.29) is 30.8 Å². The van der Waals surface area contributed by atoms with Crippen LogP contribution in [-0.2, 0) is 16.0 Å². The van der Waals surface area contributed by atoms with Crippen LogP contribution in [0, 0.1) is 19.8 Å². The Hall–Kier alpha value is -3.05. The number of aliphatic hydroxyl groups is 1. The number of aromatic amines is 1. The highest BCUT2D eigenvalue weighted by atomic mass is 32.1. The van der Waals surface area contributed by atoms with Gasteiger partial charge in [-0.25, -0.2) is 9.97 Å². The second kappa shape index (κ2) is 9.36. The van der Waals surface area contributed by atoms with E-state index >= 15 is 0 Å². The van der Waals surface area contributed by atoms with Crippen molar-refractivity contribution in [1.29, 1.82) is 0 Å². The summed E-state index contributed by atoms with van der Waals surface area (Å²) in [6.45, 7) is 8.49. The Bertz CT molecular complexity index is 1400. The third-order valence-electron chi connectivity index (χ3n) is 7.06. The maximum absolute atomic E-state index is 10.0. The number of anilines is 2. The molecule has 1 saturated carbocycles. The van der Waals surface area contributed by atoms with E-state index in [1.807, 2.05) is 52.0 Å². The van der Waals surface area contributed by atoms with Crippen LogP contribution in [0.25, 0.3) is 20.8 Å². The minimum atomic E-state index is -0.693. The minimum Gasteiger partial charge on any atom is -0.396 e. The summed E-state index contributed by atoms with van der Waals surface area (Å²) < 4.78 is 13.5. The van der Waals surface area contributed by atoms with Crippen LogP contribution in [-0.4, -0.2) is 55.7 Å². The van der Waals surface area contributed by atoms with Crippen LogP contribution in [0.2, 0.25) is 0 Å². The zero-order chi connectivity index (χ0) is 25.7. The second-order valence-corrected chi connectivity index (χ2v) is 11.4. The van der Waals surface area contributed by atoms with E-state index in [1.165, 1.54) is 0 Å². The van der Waals surface area contributed by atoms with E-state index in [0.717, 1.165) is 44.3 Å². The van der Waals surface area contributed by atoms with Gasteiger partial charge < -0.3 is 30.2 Å². The first-order valence-corrected chi connectivity index (χ1v) is 13.5. The number of fused-ring (bicyclic) bond motifs is 2. The fourth-order valence-electron chi connectivity index (χ4n) is 5.41. The lowest BCUT2D eigenvalue weighted by molar-refractivity contribution is -0.158. The molecular formula is C27H32N6O3S. The quantitative estimate of drug-likeness (QED) is 0.279. The molecule has 1 aromatic carbocycles. The summed E-state index contributed by atoms with van der Waals surface area (Å²) in [5, 5.41) is 17.9. The van der Waals surface area contributed by atoms with E-state index in [2.05, 4.69) is 27.8 Å². The van der Waals surface area contributed by atoms with Crippen molar-refractivity contribution in [2.45, 2.75) is 64.7 Å². The Kier molecular flexibility index (Phi) is 6.15. The molecule has 4 unspecified atom stereocenters. The standard InChI is InChI=1S/C27H32N6O3S/c1-14-9-10-17(29-14)12-28-26-30-15(2)21(25-32-18-7-5-6-8-20(18)37-25)24(33-26)31-19-11-16(13-34)22-23(19)36-27(3,4)35-22/h5-10,16,19,22-23,29,34H,11-13H2,1-4H3,(H2,28,30,31,33). The van der Waals surface area contributed by atoms with Gasteiger partial charge in [0.25, 0.3) is 0 Å². The van der Waals surface area contributed by atoms with E-state index in [9.17, 15) is 5.11 Å². The monoisotopic (exact) mass is 520 g/mol. The number of benzene rings is 1. The van der Waals surface area contributed by atoms with Crippen molar-refractivity contribution in [3.8, 4) is 10.6 Å². The molecule has 2 aliphatic rings. The van der Waals surface area contributed by atoms with Crippen LogP contribution in [0.1, 0.15) is 37.4 Å². The number of H-pyrrole nitrogens is 1. The third kappa shape index (κ3) is 4.70. The summed E-state index contributed by atoms with van der Waals surface area (Å²) in [6, 6.07) is 12.1. The van der Waals surface area contributed by atoms with Crippen molar-refractivity contribution in [1.82, 2.24) is 19.9 Å². The summed E-state index contributed by atoms with van der Waals surface area (Å²) in [5.41, 5.74) is 4.83. The predicted octanol–water partition coefficient (Wildman–Crippen LogP) is 4.62. The first-order valence-electron chi connectivity index (χ1n) is 12.7. The zero-order valence-electron chi connectivity index (χ0n) is 21.4. The number of aryl methyl sites for hydroxylation is 2. The summed E-state index contributed by atoms with van der Waals surface area (Å²) in [4.78, 5) is 18.0. The fourth-order valence-corrected chi connectivity index (χ4v) is 6.48. The molecule has 37 heavy (non-hydrogen) atoms. The van der Waals surface area contributed by atoms with Gasteiger partial charge in [0.05, 0.1) is 40.2 Å². The van der Waals surface area contributed by atoms with Gasteiger partial charge >= 0.3 is 0 Å². The van der Waals surface area contributed by atoms with Gasteiger partial charge in [-0.15, -0.1) is 11.3 Å². The molecule has 0 radical (unpaired) electrons. The van der Waals surface area contributed by atoms with Crippen LogP contribution in [0.4, 0.5) is 11.8 Å². The fraction of sp³-hybridized carbons (Fsp3) is 0.444. The van der Waals surface area contributed by atoms with E-state index in [1.54, 1.807) is 11.3 Å². The molecule has 0 amide bonds. The Labute approximate surface area is 219 Å². The van der Waals surface area contributed by atoms with E-state index in [4.69, 9.17) is 24.4 Å². The average Bonchev–Trinajstić information content (AvgIpc) is 3.60. The lowest BCUT2D eigenvalue weighted by Gasteiger charge is -2.25. The SMILES string of the molecule is Cc1ccc(CNc2nc(C)c(-c3nc4ccccc4s3)c(NC3CC(CO)C4OC(C)(C)OC34)n2)[nH]1. The van der Waals surface area contributed by atoms with Gasteiger partial charge in [0.15, 0.2) is 5.79 Å². The number of nitrogens with zero attached hydrogens (tertiary/aromatic N) is 3. The number of hydrogen-bond acceptors (Lipinski definition) is 9. The highest BCUT2D eigenvalue weighted by molar-refractivity contribution is 7.21. The number of thiazole rings is 1. The Morgan fingerprint density at radius 1 is 1.08 bits per heavy atom. The molecule has 3 aromatic heterocycles. The Morgan fingerprint density at radius 3 is 2.65 bits per heavy atom. The largest absolute Gasteiger partial charge is 0.396 e. The van der Waals surface area contributed by atoms with Gasteiger partial charge in [-0.3, -0.25) is 0 Å². The average molecular weight is 521 g/mol. The Morgan fingerprint density at radius 2 is 1.89 bits per heavy atom. The van der Waals surface area contributed by atoms with Crippen molar-refractivity contribution in [3.63, 3.8) is 0 Å². The molecule has 4 aromatic rings. The highest BCUT2D eigenvalue weighted by Gasteiger charge is 2.54. The van der Waals surface area contributed by atoms with Crippen LogP contribution in [0.3, 0.4) is 0 Å². The summed E-state index contributed by atoms with van der Waals surface area (Å²) in [6.07, 6.45) is 0.360. The molecule has 10 heteroatoms. The molecule has 1 saturated heterocycles. The van der Waals surface area contributed by atoms with Crippen LogP contribution >= 0.6 is 11.3 Å². The number of nitrogens with one attached hydrogen (secondary N) is 3. The van der Waals surface area contributed by atoms with Gasteiger partial charge in [0, 0.05) is 23.9 Å². The molecule has 0 spiro atoms. The highest BCUT2D eigenvalue weighted by Crippen LogP contribution is 2.44. The van der Waals surface area contributed by atoms with Crippen molar-refractivity contribution < 1.29 is 14.6 Å². The molecule has 4 heterocycles. The number of aliphatic hydroxyl groups excluding tert-OH is 1. The molecule has 1 aliphatic carbocycles. The lowest BCUT2D eigenvalue weighted by atomic mass is 10.1. The van der Waals surface area contributed by atoms with Crippen LogP contribution in [0.5, 0.6) is 0 Å². The summed E-state index contributed by atoms with van der Waals surface area (Å²) in [7, 11) is 0. The molecule has 4 atom stereocenters. The van der Waals surface area contributed by atoms with Crippen molar-refractivity contribution in [2.24, 2.45) is 5.92 Å². The first-order chi connectivity index (χ1) is 17.8. The van der Waals surface area contributed by atoms with E-state index in [0.29, 0.717) is 18.3 Å². The lowest BCUT2D eigenvalue weighted by Crippen LogP contribution is -2.35. The minimum absolute atomic E-state index is 0.00757. The molecule has 6 rings (SSSR count). The molecule has 4 N–H and O–H groups in total. The van der Waals surface area contributed by atoms with Gasteiger partial charge in [0.1, 0.15) is 16.9 Å². The summed E-state index contributed by atoms with van der Waals surface area (Å²) in [5.74, 6) is 0.537. The van der Waals surface area contributed by atoms with Gasteiger partial charge in [-0.05, 0) is 58.4 Å². The smallest absolute Gasteiger partial charge is 0.225 e.